The molecule has 2 amide bonds. The fourth-order valence-electron chi connectivity index (χ4n) is 3.70. The van der Waals surface area contributed by atoms with Crippen molar-refractivity contribution in [1.29, 1.82) is 0 Å². The number of nitrogens with zero attached hydrogens (tertiary/aromatic N) is 3. The van der Waals surface area contributed by atoms with Gasteiger partial charge >= 0.3 is 0 Å². The van der Waals surface area contributed by atoms with Crippen molar-refractivity contribution in [1.82, 2.24) is 15.8 Å². The lowest BCUT2D eigenvalue weighted by Gasteiger charge is -2.10. The van der Waals surface area contributed by atoms with Crippen molar-refractivity contribution >= 4 is 24.2 Å². The van der Waals surface area contributed by atoms with E-state index in [9.17, 15) is 19.8 Å². The maximum Gasteiger partial charge on any atom is 0.273 e. The van der Waals surface area contributed by atoms with Gasteiger partial charge in [-0.3, -0.25) is 14.6 Å². The fraction of sp³-hybridized carbons (Fsp3) is 0.138. The Morgan fingerprint density at radius 1 is 0.816 bits per heavy atom. The summed E-state index contributed by atoms with van der Waals surface area (Å²) in [5.74, 6) is -1.04. The monoisotopic (exact) mass is 511 g/mol. The lowest BCUT2D eigenvalue weighted by atomic mass is 10.1. The van der Waals surface area contributed by atoms with Crippen molar-refractivity contribution < 1.29 is 19.8 Å². The molecular weight excluding hydrogens is 482 g/mol. The zero-order chi connectivity index (χ0) is 27.7. The standard InChI is InChI=1S/C29H29N5O4/c1-5-9-20-11-7-13-22(26(20)35)16-30-33-28(37)24-15-25(19(4)32-18(24)3)29(38)34-31-17-23-14-8-12-21(10-6-2)27(23)36/h5-8,11-17,35-36H,1-2,9-10H2,3-4H3,(H,33,37)(H,34,38)/b30-16-,31-17-. The van der Waals surface area contributed by atoms with Crippen LogP contribution in [0.5, 0.6) is 11.5 Å². The van der Waals surface area contributed by atoms with E-state index in [0.29, 0.717) is 46.5 Å². The Bertz CT molecular complexity index is 1340. The molecule has 194 valence electrons. The van der Waals surface area contributed by atoms with Gasteiger partial charge in [0, 0.05) is 11.1 Å². The Hall–Kier alpha value is -5.05. The summed E-state index contributed by atoms with van der Waals surface area (Å²) in [4.78, 5) is 29.9. The van der Waals surface area contributed by atoms with Crippen LogP contribution in [-0.4, -0.2) is 39.4 Å². The molecule has 3 aromatic rings. The lowest BCUT2D eigenvalue weighted by molar-refractivity contribution is 0.0954. The molecule has 0 saturated carbocycles. The van der Waals surface area contributed by atoms with Gasteiger partial charge in [-0.15, -0.1) is 13.2 Å². The molecule has 0 saturated heterocycles. The number of hydrazone groups is 2. The van der Waals surface area contributed by atoms with E-state index >= 15 is 0 Å². The molecule has 1 aromatic heterocycles. The van der Waals surface area contributed by atoms with E-state index in [4.69, 9.17) is 0 Å². The summed E-state index contributed by atoms with van der Waals surface area (Å²) in [6.07, 6.45) is 7.00. The third-order valence-electron chi connectivity index (χ3n) is 5.66. The van der Waals surface area contributed by atoms with Crippen LogP contribution in [-0.2, 0) is 12.8 Å². The number of phenols is 2. The molecule has 0 bridgehead atoms. The first-order valence-corrected chi connectivity index (χ1v) is 11.7. The van der Waals surface area contributed by atoms with Gasteiger partial charge in [0.05, 0.1) is 34.9 Å². The van der Waals surface area contributed by atoms with Crippen LogP contribution in [0.4, 0.5) is 0 Å². The second kappa shape index (κ2) is 12.8. The van der Waals surface area contributed by atoms with Crippen LogP contribution in [0.1, 0.15) is 54.4 Å². The number of para-hydroxylation sites is 2. The van der Waals surface area contributed by atoms with Gasteiger partial charge in [-0.1, -0.05) is 36.4 Å². The van der Waals surface area contributed by atoms with Crippen molar-refractivity contribution in [3.05, 3.63) is 113 Å². The van der Waals surface area contributed by atoms with Gasteiger partial charge in [-0.25, -0.2) is 10.9 Å². The number of allylic oxidation sites excluding steroid dienone is 2. The quantitative estimate of drug-likeness (QED) is 0.185. The predicted molar refractivity (Wildman–Crippen MR) is 148 cm³/mol. The molecule has 0 fully saturated rings. The molecule has 0 unspecified atom stereocenters. The molecule has 38 heavy (non-hydrogen) atoms. The molecule has 0 aliphatic carbocycles. The van der Waals surface area contributed by atoms with Gasteiger partial charge < -0.3 is 10.2 Å². The molecule has 0 radical (unpaired) electrons. The summed E-state index contributed by atoms with van der Waals surface area (Å²) < 4.78 is 0. The van der Waals surface area contributed by atoms with Crippen LogP contribution in [0.2, 0.25) is 0 Å². The number of pyridine rings is 1. The van der Waals surface area contributed by atoms with Crippen molar-refractivity contribution in [2.45, 2.75) is 26.7 Å². The minimum atomic E-state index is -0.575. The molecule has 9 nitrogen and oxygen atoms in total. The van der Waals surface area contributed by atoms with Crippen LogP contribution in [0.3, 0.4) is 0 Å². The summed E-state index contributed by atoms with van der Waals surface area (Å²) in [5.41, 5.74) is 8.18. The van der Waals surface area contributed by atoms with Gasteiger partial charge in [0.1, 0.15) is 11.5 Å². The van der Waals surface area contributed by atoms with Gasteiger partial charge in [0.2, 0.25) is 0 Å². The van der Waals surface area contributed by atoms with Crippen LogP contribution in [0.15, 0.2) is 78.0 Å². The Morgan fingerprint density at radius 3 is 1.63 bits per heavy atom. The number of carbonyl (C=O) groups is 2. The maximum absolute atomic E-state index is 12.8. The van der Waals surface area contributed by atoms with Crippen LogP contribution in [0, 0.1) is 13.8 Å². The highest BCUT2D eigenvalue weighted by Crippen LogP contribution is 2.22. The number of carbonyl (C=O) groups excluding carboxylic acids is 2. The molecule has 1 heterocycles. The Morgan fingerprint density at radius 2 is 1.24 bits per heavy atom. The van der Waals surface area contributed by atoms with E-state index in [-0.39, 0.29) is 22.6 Å². The Kier molecular flexibility index (Phi) is 9.26. The highest BCUT2D eigenvalue weighted by Gasteiger charge is 2.17. The minimum absolute atomic E-state index is 0.0545. The third-order valence-corrected chi connectivity index (χ3v) is 5.66. The van der Waals surface area contributed by atoms with Gasteiger partial charge in [-0.2, -0.15) is 10.2 Å². The highest BCUT2D eigenvalue weighted by molar-refractivity contribution is 6.01. The second-order valence-electron chi connectivity index (χ2n) is 8.35. The largest absolute Gasteiger partial charge is 0.507 e. The average molecular weight is 512 g/mol. The van der Waals surface area contributed by atoms with Gasteiger partial charge in [-0.05, 0) is 56.0 Å². The Balaban J connectivity index is 1.73. The third kappa shape index (κ3) is 6.58. The molecular formula is C29H29N5O4. The summed E-state index contributed by atoms with van der Waals surface area (Å²) in [6, 6.07) is 11.8. The molecule has 2 aromatic carbocycles. The second-order valence-corrected chi connectivity index (χ2v) is 8.35. The highest BCUT2D eigenvalue weighted by atomic mass is 16.3. The lowest BCUT2D eigenvalue weighted by Crippen LogP contribution is -2.23. The molecule has 0 atom stereocenters. The van der Waals surface area contributed by atoms with Crippen molar-refractivity contribution in [3.8, 4) is 11.5 Å². The Labute approximate surface area is 221 Å². The van der Waals surface area contributed by atoms with Crippen molar-refractivity contribution in [2.24, 2.45) is 10.2 Å². The average Bonchev–Trinajstić information content (AvgIpc) is 2.88. The van der Waals surface area contributed by atoms with Crippen molar-refractivity contribution in [2.75, 3.05) is 0 Å². The molecule has 4 N–H and O–H groups in total. The number of aromatic nitrogens is 1. The number of hydrogen-bond acceptors (Lipinski definition) is 7. The van der Waals surface area contributed by atoms with Crippen LogP contribution >= 0.6 is 0 Å². The van der Waals surface area contributed by atoms with Crippen molar-refractivity contribution in [3.63, 3.8) is 0 Å². The first-order chi connectivity index (χ1) is 18.3. The molecule has 3 rings (SSSR count). The molecule has 0 aliphatic heterocycles. The molecule has 0 aliphatic rings. The van der Waals surface area contributed by atoms with Crippen LogP contribution in [0.25, 0.3) is 0 Å². The normalized spacial score (nSPS) is 11.0. The molecule has 0 spiro atoms. The number of rotatable bonds is 10. The number of aromatic hydroxyl groups is 2. The topological polar surface area (TPSA) is 136 Å². The first kappa shape index (κ1) is 27.5. The zero-order valence-electron chi connectivity index (χ0n) is 21.2. The van der Waals surface area contributed by atoms with E-state index in [2.05, 4.69) is 39.2 Å². The SMILES string of the molecule is C=CCc1cccc(/C=N\NC(=O)c2cc(C(=O)N/N=C\c3cccc(CC=C)c3O)c(C)nc2C)c1O. The number of amides is 2. The zero-order valence-corrected chi connectivity index (χ0v) is 21.2. The number of hydrogen-bond donors (Lipinski definition) is 4. The number of nitrogens with one attached hydrogen (secondary N) is 2. The molecule has 9 heteroatoms. The summed E-state index contributed by atoms with van der Waals surface area (Å²) in [7, 11) is 0. The number of benzene rings is 2. The first-order valence-electron chi connectivity index (χ1n) is 11.7. The number of phenolic OH excluding ortho intramolecular Hbond substituents is 2. The summed E-state index contributed by atoms with van der Waals surface area (Å²) in [5, 5.41) is 28.5. The maximum atomic E-state index is 12.8. The smallest absolute Gasteiger partial charge is 0.273 e. The van der Waals surface area contributed by atoms with E-state index in [1.54, 1.807) is 62.4 Å². The summed E-state index contributed by atoms with van der Waals surface area (Å²) in [6.45, 7) is 10.6. The van der Waals surface area contributed by atoms with Gasteiger partial charge in [0.25, 0.3) is 11.8 Å². The minimum Gasteiger partial charge on any atom is -0.507 e. The summed E-state index contributed by atoms with van der Waals surface area (Å²) >= 11 is 0. The number of aryl methyl sites for hydroxylation is 2. The van der Waals surface area contributed by atoms with E-state index in [1.165, 1.54) is 18.5 Å². The van der Waals surface area contributed by atoms with E-state index < -0.39 is 11.8 Å². The van der Waals surface area contributed by atoms with E-state index in [0.717, 1.165) is 0 Å². The fourth-order valence-corrected chi connectivity index (χ4v) is 3.70. The van der Waals surface area contributed by atoms with Gasteiger partial charge in [0.15, 0.2) is 0 Å². The van der Waals surface area contributed by atoms with E-state index in [1.807, 2.05) is 0 Å². The van der Waals surface area contributed by atoms with Crippen LogP contribution < -0.4 is 10.9 Å². The predicted octanol–water partition coefficient (Wildman–Crippen LogP) is 4.09.